The Morgan fingerprint density at radius 2 is 2.00 bits per heavy atom. The first kappa shape index (κ1) is 11.6. The molecule has 0 bridgehead atoms. The van der Waals surface area contributed by atoms with E-state index < -0.39 is 0 Å². The van der Waals surface area contributed by atoms with Crippen LogP contribution in [0.2, 0.25) is 0 Å². The lowest BCUT2D eigenvalue weighted by atomic mass is 10.0. The Kier molecular flexibility index (Phi) is 3.91. The largest absolute Gasteiger partial charge is 0.316 e. The van der Waals surface area contributed by atoms with Gasteiger partial charge in [-0.05, 0) is 37.1 Å². The average Bonchev–Trinajstić information content (AvgIpc) is 2.23. The fraction of sp³-hybridized carbons (Fsp3) is 0.538. The molecule has 0 spiro atoms. The molecule has 0 aliphatic carbocycles. The van der Waals surface area contributed by atoms with Crippen LogP contribution in [0.1, 0.15) is 5.56 Å². The van der Waals surface area contributed by atoms with E-state index in [0.717, 1.165) is 38.5 Å². The number of rotatable bonds is 5. The molecular weight excluding hydrogens is 203 g/mol. The van der Waals surface area contributed by atoms with Gasteiger partial charge in [-0.3, -0.25) is 0 Å². The summed E-state index contributed by atoms with van der Waals surface area (Å²) >= 11 is 0. The Morgan fingerprint density at radius 1 is 1.31 bits per heavy atom. The number of benzene rings is 1. The fourth-order valence-electron chi connectivity index (χ4n) is 1.98. The zero-order chi connectivity index (χ0) is 11.4. The van der Waals surface area contributed by atoms with Crippen molar-refractivity contribution < 1.29 is 4.39 Å². The maximum Gasteiger partial charge on any atom is 0.123 e. The van der Waals surface area contributed by atoms with Crippen LogP contribution in [-0.2, 0) is 6.42 Å². The Balaban J connectivity index is 1.71. The van der Waals surface area contributed by atoms with Crippen LogP contribution in [0.3, 0.4) is 0 Å². The second-order valence-corrected chi connectivity index (χ2v) is 4.66. The predicted octanol–water partition coefficient (Wildman–Crippen LogP) is 1.52. The van der Waals surface area contributed by atoms with Crippen molar-refractivity contribution in [3.8, 4) is 0 Å². The first-order valence-corrected chi connectivity index (χ1v) is 5.88. The van der Waals surface area contributed by atoms with Gasteiger partial charge in [0.1, 0.15) is 5.82 Å². The van der Waals surface area contributed by atoms with Gasteiger partial charge in [0.15, 0.2) is 0 Å². The summed E-state index contributed by atoms with van der Waals surface area (Å²) in [5.74, 6) is 0.663. The highest BCUT2D eigenvalue weighted by atomic mass is 19.1. The van der Waals surface area contributed by atoms with Gasteiger partial charge >= 0.3 is 0 Å². The topological polar surface area (TPSA) is 15.3 Å². The van der Waals surface area contributed by atoms with Crippen molar-refractivity contribution in [2.24, 2.45) is 5.92 Å². The maximum absolute atomic E-state index is 12.7. The van der Waals surface area contributed by atoms with Crippen LogP contribution in [0, 0.1) is 11.7 Å². The van der Waals surface area contributed by atoms with Gasteiger partial charge in [0.2, 0.25) is 0 Å². The molecule has 1 aromatic carbocycles. The van der Waals surface area contributed by atoms with E-state index in [-0.39, 0.29) is 5.82 Å². The van der Waals surface area contributed by atoms with E-state index in [1.165, 1.54) is 17.7 Å². The number of hydrogen-bond acceptors (Lipinski definition) is 2. The van der Waals surface area contributed by atoms with Crippen molar-refractivity contribution in [2.75, 3.05) is 33.2 Å². The second-order valence-electron chi connectivity index (χ2n) is 4.66. The summed E-state index contributed by atoms with van der Waals surface area (Å²) in [5, 5.41) is 3.28. The molecule has 3 heteroatoms. The van der Waals surface area contributed by atoms with Crippen LogP contribution >= 0.6 is 0 Å². The van der Waals surface area contributed by atoms with E-state index in [1.807, 2.05) is 12.1 Å². The van der Waals surface area contributed by atoms with Crippen LogP contribution < -0.4 is 5.32 Å². The van der Waals surface area contributed by atoms with Crippen LogP contribution in [0.4, 0.5) is 4.39 Å². The van der Waals surface area contributed by atoms with Crippen molar-refractivity contribution in [3.05, 3.63) is 35.6 Å². The summed E-state index contributed by atoms with van der Waals surface area (Å²) in [6, 6.07) is 6.80. The summed E-state index contributed by atoms with van der Waals surface area (Å²) < 4.78 is 12.7. The number of halogens is 1. The van der Waals surface area contributed by atoms with Gasteiger partial charge in [0.25, 0.3) is 0 Å². The molecule has 1 saturated heterocycles. The van der Waals surface area contributed by atoms with Gasteiger partial charge in [-0.25, -0.2) is 4.39 Å². The standard InChI is InChI=1S/C13H19FN2/c1-16(10-12-8-15-9-12)7-6-11-2-4-13(14)5-3-11/h2-5,12,15H,6-10H2,1H3. The molecule has 0 radical (unpaired) electrons. The van der Waals surface area contributed by atoms with E-state index in [1.54, 1.807) is 0 Å². The number of nitrogens with one attached hydrogen (secondary N) is 1. The summed E-state index contributed by atoms with van der Waals surface area (Å²) in [5.41, 5.74) is 1.21. The second kappa shape index (κ2) is 5.41. The quantitative estimate of drug-likeness (QED) is 0.812. The zero-order valence-electron chi connectivity index (χ0n) is 9.75. The fourth-order valence-corrected chi connectivity index (χ4v) is 1.98. The van der Waals surface area contributed by atoms with E-state index in [2.05, 4.69) is 17.3 Å². The van der Waals surface area contributed by atoms with Crippen molar-refractivity contribution in [2.45, 2.75) is 6.42 Å². The Labute approximate surface area is 96.5 Å². The van der Waals surface area contributed by atoms with Gasteiger partial charge in [0, 0.05) is 26.2 Å². The highest BCUT2D eigenvalue weighted by molar-refractivity contribution is 5.16. The van der Waals surface area contributed by atoms with Crippen molar-refractivity contribution >= 4 is 0 Å². The molecule has 0 atom stereocenters. The SMILES string of the molecule is CN(CCc1ccc(F)cc1)CC1CNC1. The van der Waals surface area contributed by atoms with Crippen LogP contribution in [0.25, 0.3) is 0 Å². The molecule has 16 heavy (non-hydrogen) atoms. The minimum atomic E-state index is -0.155. The predicted molar refractivity (Wildman–Crippen MR) is 64.0 cm³/mol. The van der Waals surface area contributed by atoms with Gasteiger partial charge in [-0.2, -0.15) is 0 Å². The molecule has 1 fully saturated rings. The maximum atomic E-state index is 12.7. The molecule has 0 saturated carbocycles. The van der Waals surface area contributed by atoms with E-state index in [9.17, 15) is 4.39 Å². The zero-order valence-corrected chi connectivity index (χ0v) is 9.75. The molecule has 2 rings (SSSR count). The van der Waals surface area contributed by atoms with Crippen molar-refractivity contribution in [1.29, 1.82) is 0 Å². The number of nitrogens with zero attached hydrogens (tertiary/aromatic N) is 1. The van der Waals surface area contributed by atoms with Crippen molar-refractivity contribution in [3.63, 3.8) is 0 Å². The molecule has 1 aromatic rings. The van der Waals surface area contributed by atoms with Crippen LogP contribution in [0.5, 0.6) is 0 Å². The average molecular weight is 222 g/mol. The van der Waals surface area contributed by atoms with E-state index in [0.29, 0.717) is 0 Å². The highest BCUT2D eigenvalue weighted by Crippen LogP contribution is 2.07. The third-order valence-electron chi connectivity index (χ3n) is 3.13. The monoisotopic (exact) mass is 222 g/mol. The van der Waals surface area contributed by atoms with E-state index >= 15 is 0 Å². The lowest BCUT2D eigenvalue weighted by Crippen LogP contribution is -2.47. The highest BCUT2D eigenvalue weighted by Gasteiger charge is 2.17. The molecule has 0 amide bonds. The summed E-state index contributed by atoms with van der Waals surface area (Å²) in [6.45, 7) is 4.51. The van der Waals surface area contributed by atoms with E-state index in [4.69, 9.17) is 0 Å². The van der Waals surface area contributed by atoms with Gasteiger partial charge in [0.05, 0.1) is 0 Å². The molecule has 1 heterocycles. The third-order valence-corrected chi connectivity index (χ3v) is 3.13. The molecule has 0 unspecified atom stereocenters. The summed E-state index contributed by atoms with van der Waals surface area (Å²) in [4.78, 5) is 2.36. The molecular formula is C13H19FN2. The van der Waals surface area contributed by atoms with Crippen molar-refractivity contribution in [1.82, 2.24) is 10.2 Å². The molecule has 0 aromatic heterocycles. The minimum absolute atomic E-state index is 0.155. The molecule has 1 N–H and O–H groups in total. The Bertz CT molecular complexity index is 319. The lowest BCUT2D eigenvalue weighted by molar-refractivity contribution is 0.226. The molecule has 1 aliphatic heterocycles. The van der Waals surface area contributed by atoms with Gasteiger partial charge < -0.3 is 10.2 Å². The normalized spacial score (nSPS) is 16.4. The number of hydrogen-bond donors (Lipinski definition) is 1. The molecule has 88 valence electrons. The molecule has 1 aliphatic rings. The van der Waals surface area contributed by atoms with Gasteiger partial charge in [-0.15, -0.1) is 0 Å². The van der Waals surface area contributed by atoms with Crippen LogP contribution in [-0.4, -0.2) is 38.1 Å². The Morgan fingerprint density at radius 3 is 2.56 bits per heavy atom. The number of likely N-dealkylation sites (N-methyl/N-ethyl adjacent to an activating group) is 1. The smallest absolute Gasteiger partial charge is 0.123 e. The Hall–Kier alpha value is -0.930. The summed E-state index contributed by atoms with van der Waals surface area (Å²) in [6.07, 6.45) is 0.997. The van der Waals surface area contributed by atoms with Gasteiger partial charge in [-0.1, -0.05) is 12.1 Å². The molecule has 2 nitrogen and oxygen atoms in total. The third kappa shape index (κ3) is 3.29. The minimum Gasteiger partial charge on any atom is -0.316 e. The summed E-state index contributed by atoms with van der Waals surface area (Å²) in [7, 11) is 2.15. The lowest BCUT2D eigenvalue weighted by Gasteiger charge is -2.31. The van der Waals surface area contributed by atoms with Crippen LogP contribution in [0.15, 0.2) is 24.3 Å². The first-order chi connectivity index (χ1) is 7.74. The first-order valence-electron chi connectivity index (χ1n) is 5.88.